The summed E-state index contributed by atoms with van der Waals surface area (Å²) in [4.78, 5) is 9.41. The van der Waals surface area contributed by atoms with E-state index in [0.29, 0.717) is 6.54 Å². The molecule has 0 spiro atoms. The molecule has 0 amide bonds. The predicted octanol–water partition coefficient (Wildman–Crippen LogP) is 1.46. The minimum atomic E-state index is 0.281. The number of nitrogens with two attached hydrogens (primary N) is 1. The number of rotatable bonds is 3. The first-order valence-electron chi connectivity index (χ1n) is 7.11. The Morgan fingerprint density at radius 3 is 2.47 bits per heavy atom. The van der Waals surface area contributed by atoms with Crippen molar-refractivity contribution in [2.45, 2.75) is 39.4 Å². The Morgan fingerprint density at radius 1 is 1.21 bits per heavy atom. The van der Waals surface area contributed by atoms with Gasteiger partial charge in [0, 0.05) is 51.0 Å². The molecule has 0 saturated carbocycles. The summed E-state index contributed by atoms with van der Waals surface area (Å²) < 4.78 is 0. The highest BCUT2D eigenvalue weighted by Crippen LogP contribution is 2.17. The van der Waals surface area contributed by atoms with Crippen molar-refractivity contribution in [1.82, 2.24) is 14.8 Å². The van der Waals surface area contributed by atoms with E-state index in [1.165, 1.54) is 5.56 Å². The van der Waals surface area contributed by atoms with Gasteiger partial charge in [-0.05, 0) is 32.4 Å². The van der Waals surface area contributed by atoms with Crippen LogP contribution in [0.1, 0.15) is 32.0 Å². The average molecular weight is 262 g/mol. The van der Waals surface area contributed by atoms with Crippen LogP contribution in [0.15, 0.2) is 18.3 Å². The van der Waals surface area contributed by atoms with Crippen LogP contribution in [-0.4, -0.2) is 46.5 Å². The number of pyridine rings is 1. The van der Waals surface area contributed by atoms with Crippen molar-refractivity contribution < 1.29 is 0 Å². The van der Waals surface area contributed by atoms with Crippen LogP contribution in [0, 0.1) is 0 Å². The molecule has 0 atom stereocenters. The molecule has 106 valence electrons. The fraction of sp³-hybridized carbons (Fsp3) is 0.667. The molecular weight excluding hydrogens is 236 g/mol. The van der Waals surface area contributed by atoms with Crippen molar-refractivity contribution in [1.29, 1.82) is 0 Å². The smallest absolute Gasteiger partial charge is 0.0584 e. The summed E-state index contributed by atoms with van der Waals surface area (Å²) in [7, 11) is 0. The van der Waals surface area contributed by atoms with Crippen LogP contribution in [-0.2, 0) is 13.1 Å². The Balaban J connectivity index is 1.92. The van der Waals surface area contributed by atoms with E-state index in [1.807, 2.05) is 12.3 Å². The van der Waals surface area contributed by atoms with Gasteiger partial charge in [-0.1, -0.05) is 6.07 Å². The first-order chi connectivity index (χ1) is 9.00. The minimum Gasteiger partial charge on any atom is -0.325 e. The van der Waals surface area contributed by atoms with E-state index in [1.54, 1.807) is 0 Å². The van der Waals surface area contributed by atoms with E-state index in [9.17, 15) is 0 Å². The van der Waals surface area contributed by atoms with Gasteiger partial charge < -0.3 is 5.73 Å². The van der Waals surface area contributed by atoms with Crippen molar-refractivity contribution in [2.24, 2.45) is 5.73 Å². The molecule has 1 saturated heterocycles. The molecule has 19 heavy (non-hydrogen) atoms. The Bertz CT molecular complexity index is 403. The van der Waals surface area contributed by atoms with E-state index in [4.69, 9.17) is 5.73 Å². The molecule has 2 heterocycles. The minimum absolute atomic E-state index is 0.281. The monoisotopic (exact) mass is 262 g/mol. The summed E-state index contributed by atoms with van der Waals surface area (Å²) in [5.41, 5.74) is 8.33. The van der Waals surface area contributed by atoms with E-state index in [0.717, 1.165) is 38.4 Å². The Kier molecular flexibility index (Phi) is 4.55. The van der Waals surface area contributed by atoms with Gasteiger partial charge in [0.25, 0.3) is 0 Å². The van der Waals surface area contributed by atoms with Crippen LogP contribution < -0.4 is 5.73 Å². The lowest BCUT2D eigenvalue weighted by Crippen LogP contribution is -2.53. The zero-order valence-electron chi connectivity index (χ0n) is 12.4. The van der Waals surface area contributed by atoms with Gasteiger partial charge in [-0.3, -0.25) is 14.8 Å². The lowest BCUT2D eigenvalue weighted by molar-refractivity contribution is 0.0589. The first-order valence-corrected chi connectivity index (χ1v) is 7.11. The molecule has 0 unspecified atom stereocenters. The van der Waals surface area contributed by atoms with E-state index < -0.39 is 0 Å². The normalized spacial score (nSPS) is 18.7. The maximum atomic E-state index is 5.75. The van der Waals surface area contributed by atoms with Crippen molar-refractivity contribution >= 4 is 0 Å². The molecule has 4 nitrogen and oxygen atoms in total. The molecule has 0 aliphatic carbocycles. The number of hydrogen-bond donors (Lipinski definition) is 1. The highest BCUT2D eigenvalue weighted by atomic mass is 15.3. The van der Waals surface area contributed by atoms with Crippen LogP contribution in [0.25, 0.3) is 0 Å². The number of piperazine rings is 1. The predicted molar refractivity (Wildman–Crippen MR) is 78.7 cm³/mol. The quantitative estimate of drug-likeness (QED) is 0.896. The molecule has 2 N–H and O–H groups in total. The second kappa shape index (κ2) is 5.99. The highest BCUT2D eigenvalue weighted by molar-refractivity contribution is 5.19. The van der Waals surface area contributed by atoms with E-state index >= 15 is 0 Å². The lowest BCUT2D eigenvalue weighted by Gasteiger charge is -2.42. The molecule has 0 bridgehead atoms. The summed E-state index contributed by atoms with van der Waals surface area (Å²) in [6.07, 6.45) is 1.82. The third-order valence-electron chi connectivity index (χ3n) is 3.89. The summed E-state index contributed by atoms with van der Waals surface area (Å²) >= 11 is 0. The Labute approximate surface area is 116 Å². The SMILES string of the molecule is CC(C)(C)N1CCN(Cc2cccnc2CN)CC1. The average Bonchev–Trinajstić information content (AvgIpc) is 2.39. The zero-order chi connectivity index (χ0) is 13.9. The Morgan fingerprint density at radius 2 is 1.89 bits per heavy atom. The van der Waals surface area contributed by atoms with Crippen LogP contribution in [0.3, 0.4) is 0 Å². The first kappa shape index (κ1) is 14.4. The number of nitrogens with zero attached hydrogens (tertiary/aromatic N) is 3. The molecule has 1 aliphatic heterocycles. The van der Waals surface area contributed by atoms with E-state index in [2.05, 4.69) is 41.6 Å². The van der Waals surface area contributed by atoms with Crippen molar-refractivity contribution in [3.63, 3.8) is 0 Å². The summed E-state index contributed by atoms with van der Waals surface area (Å²) in [6, 6.07) is 4.14. The summed E-state index contributed by atoms with van der Waals surface area (Å²) in [6.45, 7) is 12.9. The van der Waals surface area contributed by atoms with Crippen LogP contribution >= 0.6 is 0 Å². The number of hydrogen-bond acceptors (Lipinski definition) is 4. The summed E-state index contributed by atoms with van der Waals surface area (Å²) in [5.74, 6) is 0. The maximum Gasteiger partial charge on any atom is 0.0584 e. The molecule has 0 radical (unpaired) electrons. The van der Waals surface area contributed by atoms with Crippen molar-refractivity contribution in [3.8, 4) is 0 Å². The van der Waals surface area contributed by atoms with Crippen LogP contribution in [0.2, 0.25) is 0 Å². The van der Waals surface area contributed by atoms with Gasteiger partial charge >= 0.3 is 0 Å². The second-order valence-corrected chi connectivity index (χ2v) is 6.25. The molecule has 4 heteroatoms. The zero-order valence-corrected chi connectivity index (χ0v) is 12.4. The number of aromatic nitrogens is 1. The standard InChI is InChI=1S/C15H26N4/c1-15(2,3)19-9-7-18(8-10-19)12-13-5-4-6-17-14(13)11-16/h4-6H,7-12,16H2,1-3H3. The maximum absolute atomic E-state index is 5.75. The van der Waals surface area contributed by atoms with Gasteiger partial charge in [0.15, 0.2) is 0 Å². The van der Waals surface area contributed by atoms with Gasteiger partial charge in [0.2, 0.25) is 0 Å². The topological polar surface area (TPSA) is 45.4 Å². The molecule has 0 aromatic carbocycles. The highest BCUT2D eigenvalue weighted by Gasteiger charge is 2.25. The molecule has 1 aromatic rings. The molecule has 2 rings (SSSR count). The van der Waals surface area contributed by atoms with Crippen LogP contribution in [0.5, 0.6) is 0 Å². The van der Waals surface area contributed by atoms with Gasteiger partial charge in [0.1, 0.15) is 0 Å². The van der Waals surface area contributed by atoms with Gasteiger partial charge in [0.05, 0.1) is 5.69 Å². The largest absolute Gasteiger partial charge is 0.325 e. The molecular formula is C15H26N4. The Hall–Kier alpha value is -0.970. The lowest BCUT2D eigenvalue weighted by atomic mass is 10.0. The fourth-order valence-corrected chi connectivity index (χ4v) is 2.62. The van der Waals surface area contributed by atoms with Crippen molar-refractivity contribution in [2.75, 3.05) is 26.2 Å². The fourth-order valence-electron chi connectivity index (χ4n) is 2.62. The second-order valence-electron chi connectivity index (χ2n) is 6.25. The van der Waals surface area contributed by atoms with Crippen LogP contribution in [0.4, 0.5) is 0 Å². The molecule has 1 fully saturated rings. The van der Waals surface area contributed by atoms with Crippen molar-refractivity contribution in [3.05, 3.63) is 29.6 Å². The van der Waals surface area contributed by atoms with Gasteiger partial charge in [-0.25, -0.2) is 0 Å². The third kappa shape index (κ3) is 3.75. The molecule has 1 aliphatic rings. The summed E-state index contributed by atoms with van der Waals surface area (Å²) in [5, 5.41) is 0. The van der Waals surface area contributed by atoms with E-state index in [-0.39, 0.29) is 5.54 Å². The molecule has 1 aromatic heterocycles. The third-order valence-corrected chi connectivity index (χ3v) is 3.89. The van der Waals surface area contributed by atoms with Gasteiger partial charge in [-0.15, -0.1) is 0 Å². The van der Waals surface area contributed by atoms with Gasteiger partial charge in [-0.2, -0.15) is 0 Å².